The smallest absolute Gasteiger partial charge is 0.231 e. The molecule has 2 aliphatic rings. The van der Waals surface area contributed by atoms with Crippen LogP contribution >= 0.6 is 0 Å². The lowest BCUT2D eigenvalue weighted by atomic mass is 9.68. The summed E-state index contributed by atoms with van der Waals surface area (Å²) in [6.45, 7) is 2.35. The molecule has 1 saturated heterocycles. The van der Waals surface area contributed by atoms with Gasteiger partial charge < -0.3 is 19.1 Å². The van der Waals surface area contributed by atoms with Crippen molar-refractivity contribution < 1.29 is 19.0 Å². The van der Waals surface area contributed by atoms with Crippen LogP contribution in [0.15, 0.2) is 36.4 Å². The average Bonchev–Trinajstić information content (AvgIpc) is 2.69. The monoisotopic (exact) mass is 369 g/mol. The third-order valence-corrected chi connectivity index (χ3v) is 5.98. The number of methoxy groups -OCH3 is 2. The van der Waals surface area contributed by atoms with Gasteiger partial charge in [-0.05, 0) is 47.4 Å². The molecule has 0 N–H and O–H groups in total. The largest absolute Gasteiger partial charge is 0.497 e. The zero-order valence-corrected chi connectivity index (χ0v) is 16.1. The Hall–Kier alpha value is -2.11. The van der Waals surface area contributed by atoms with Crippen molar-refractivity contribution in [3.63, 3.8) is 0 Å². The number of hydrogen-bond donors (Lipinski definition) is 0. The lowest BCUT2D eigenvalue weighted by Gasteiger charge is -2.45. The predicted molar refractivity (Wildman–Crippen MR) is 104 cm³/mol. The van der Waals surface area contributed by atoms with Crippen LogP contribution in [0.2, 0.25) is 0 Å². The van der Waals surface area contributed by atoms with Crippen LogP contribution in [0, 0.1) is 5.41 Å². The van der Waals surface area contributed by atoms with E-state index in [0.717, 1.165) is 41.3 Å². The number of nitrogens with zero attached hydrogens (tertiary/aromatic N) is 1. The number of morpholine rings is 1. The molecule has 1 saturated carbocycles. The second-order valence-electron chi connectivity index (χ2n) is 7.65. The fourth-order valence-corrected chi connectivity index (χ4v) is 4.24. The van der Waals surface area contributed by atoms with E-state index < -0.39 is 0 Å². The molecular weight excluding hydrogens is 342 g/mol. The van der Waals surface area contributed by atoms with Crippen molar-refractivity contribution in [3.05, 3.63) is 42.0 Å². The first-order valence-corrected chi connectivity index (χ1v) is 9.63. The summed E-state index contributed by atoms with van der Waals surface area (Å²) in [6.07, 6.45) is 2.88. The first kappa shape index (κ1) is 18.3. The SMILES string of the molecule is COCC1(C(=O)N2CCOC(c3ccc4cc(OC)ccc4c3)C2)CCC1. The number of benzene rings is 2. The van der Waals surface area contributed by atoms with Gasteiger partial charge in [0.15, 0.2) is 0 Å². The molecule has 144 valence electrons. The first-order chi connectivity index (χ1) is 13.1. The number of carbonyl (C=O) groups excluding carboxylic acids is 1. The van der Waals surface area contributed by atoms with Gasteiger partial charge in [0.25, 0.3) is 0 Å². The van der Waals surface area contributed by atoms with Crippen molar-refractivity contribution >= 4 is 16.7 Å². The third-order valence-electron chi connectivity index (χ3n) is 5.98. The van der Waals surface area contributed by atoms with Gasteiger partial charge in [-0.25, -0.2) is 0 Å². The second-order valence-corrected chi connectivity index (χ2v) is 7.65. The fourth-order valence-electron chi connectivity index (χ4n) is 4.24. The van der Waals surface area contributed by atoms with Crippen molar-refractivity contribution in [2.24, 2.45) is 5.41 Å². The van der Waals surface area contributed by atoms with Gasteiger partial charge in [-0.2, -0.15) is 0 Å². The Kier molecular flexibility index (Phi) is 5.06. The molecule has 2 aromatic rings. The number of fused-ring (bicyclic) bond motifs is 1. The van der Waals surface area contributed by atoms with E-state index in [0.29, 0.717) is 26.3 Å². The highest BCUT2D eigenvalue weighted by Gasteiger charge is 2.47. The summed E-state index contributed by atoms with van der Waals surface area (Å²) >= 11 is 0. The minimum atomic E-state index is -0.309. The lowest BCUT2D eigenvalue weighted by Crippen LogP contribution is -2.53. The van der Waals surface area contributed by atoms with E-state index in [2.05, 4.69) is 24.3 Å². The minimum Gasteiger partial charge on any atom is -0.497 e. The van der Waals surface area contributed by atoms with E-state index in [1.165, 1.54) is 0 Å². The summed E-state index contributed by atoms with van der Waals surface area (Å²) in [4.78, 5) is 15.1. The molecule has 2 aromatic carbocycles. The Morgan fingerprint density at radius 2 is 1.96 bits per heavy atom. The van der Waals surface area contributed by atoms with Crippen molar-refractivity contribution in [1.29, 1.82) is 0 Å². The van der Waals surface area contributed by atoms with Crippen LogP contribution in [0.4, 0.5) is 0 Å². The van der Waals surface area contributed by atoms with Crippen LogP contribution in [0.3, 0.4) is 0 Å². The Morgan fingerprint density at radius 3 is 2.67 bits per heavy atom. The van der Waals surface area contributed by atoms with Crippen LogP contribution in [-0.4, -0.2) is 51.3 Å². The van der Waals surface area contributed by atoms with Gasteiger partial charge in [-0.15, -0.1) is 0 Å². The molecule has 27 heavy (non-hydrogen) atoms. The molecule has 0 bridgehead atoms. The zero-order chi connectivity index (χ0) is 18.9. The zero-order valence-electron chi connectivity index (χ0n) is 16.1. The Labute approximate surface area is 160 Å². The highest BCUT2D eigenvalue weighted by Crippen LogP contribution is 2.43. The van der Waals surface area contributed by atoms with E-state index in [9.17, 15) is 4.79 Å². The molecule has 5 nitrogen and oxygen atoms in total. The van der Waals surface area contributed by atoms with Crippen molar-refractivity contribution in [2.75, 3.05) is 40.5 Å². The maximum atomic E-state index is 13.1. The molecule has 1 atom stereocenters. The van der Waals surface area contributed by atoms with Gasteiger partial charge in [0.05, 0.1) is 32.3 Å². The molecule has 2 fully saturated rings. The van der Waals surface area contributed by atoms with Gasteiger partial charge in [0.2, 0.25) is 5.91 Å². The molecule has 4 rings (SSSR count). The molecular formula is C22H27NO4. The third kappa shape index (κ3) is 3.42. The number of hydrogen-bond acceptors (Lipinski definition) is 4. The van der Waals surface area contributed by atoms with Gasteiger partial charge in [0.1, 0.15) is 11.9 Å². The van der Waals surface area contributed by atoms with Gasteiger partial charge in [-0.1, -0.05) is 24.6 Å². The fraction of sp³-hybridized carbons (Fsp3) is 0.500. The second kappa shape index (κ2) is 7.49. The van der Waals surface area contributed by atoms with Crippen LogP contribution in [0.1, 0.15) is 30.9 Å². The number of rotatable bonds is 5. The number of amides is 1. The molecule has 0 radical (unpaired) electrons. The molecule has 1 amide bonds. The normalized spacial score (nSPS) is 21.7. The standard InChI is InChI=1S/C22H27NO4/c1-25-15-22(8-3-9-22)21(24)23-10-11-27-20(14-23)18-5-4-17-13-19(26-2)7-6-16(17)12-18/h4-7,12-13,20H,3,8-11,14-15H2,1-2H3. The first-order valence-electron chi connectivity index (χ1n) is 9.63. The molecule has 5 heteroatoms. The quantitative estimate of drug-likeness (QED) is 0.808. The van der Waals surface area contributed by atoms with E-state index in [1.807, 2.05) is 17.0 Å². The van der Waals surface area contributed by atoms with E-state index in [4.69, 9.17) is 14.2 Å². The summed E-state index contributed by atoms with van der Waals surface area (Å²) in [5.41, 5.74) is 0.802. The minimum absolute atomic E-state index is 0.0890. The summed E-state index contributed by atoms with van der Waals surface area (Å²) in [6, 6.07) is 12.4. The van der Waals surface area contributed by atoms with E-state index in [-0.39, 0.29) is 17.4 Å². The van der Waals surface area contributed by atoms with Gasteiger partial charge >= 0.3 is 0 Å². The Bertz CT molecular complexity index is 830. The Morgan fingerprint density at radius 1 is 1.19 bits per heavy atom. The van der Waals surface area contributed by atoms with Crippen LogP contribution < -0.4 is 4.74 Å². The van der Waals surface area contributed by atoms with E-state index in [1.54, 1.807) is 14.2 Å². The van der Waals surface area contributed by atoms with Gasteiger partial charge in [0, 0.05) is 13.7 Å². The maximum absolute atomic E-state index is 13.1. The van der Waals surface area contributed by atoms with Crippen molar-refractivity contribution in [3.8, 4) is 5.75 Å². The lowest BCUT2D eigenvalue weighted by molar-refractivity contribution is -0.159. The summed E-state index contributed by atoms with van der Waals surface area (Å²) < 4.78 is 16.7. The van der Waals surface area contributed by atoms with Crippen molar-refractivity contribution in [1.82, 2.24) is 4.90 Å². The topological polar surface area (TPSA) is 48.0 Å². The van der Waals surface area contributed by atoms with Crippen LogP contribution in [0.5, 0.6) is 5.75 Å². The maximum Gasteiger partial charge on any atom is 0.231 e. The molecule has 1 unspecified atom stereocenters. The molecule has 1 aliphatic heterocycles. The average molecular weight is 369 g/mol. The van der Waals surface area contributed by atoms with Gasteiger partial charge in [-0.3, -0.25) is 4.79 Å². The molecule has 1 aliphatic carbocycles. The molecule has 0 aromatic heterocycles. The summed E-state index contributed by atoms with van der Waals surface area (Å²) in [7, 11) is 3.36. The van der Waals surface area contributed by atoms with Crippen LogP contribution in [0.25, 0.3) is 10.8 Å². The summed E-state index contributed by atoms with van der Waals surface area (Å²) in [5, 5.41) is 2.28. The highest BCUT2D eigenvalue weighted by atomic mass is 16.5. The Balaban J connectivity index is 1.52. The number of ether oxygens (including phenoxy) is 3. The summed E-state index contributed by atoms with van der Waals surface area (Å²) in [5.74, 6) is 1.08. The highest BCUT2D eigenvalue weighted by molar-refractivity contribution is 5.85. The van der Waals surface area contributed by atoms with Crippen molar-refractivity contribution in [2.45, 2.75) is 25.4 Å². The predicted octanol–water partition coefficient (Wildman–Crippen LogP) is 3.57. The number of carbonyl (C=O) groups is 1. The molecule has 0 spiro atoms. The van der Waals surface area contributed by atoms with Crippen LogP contribution in [-0.2, 0) is 14.3 Å². The van der Waals surface area contributed by atoms with E-state index >= 15 is 0 Å². The molecule has 1 heterocycles.